The highest BCUT2D eigenvalue weighted by Crippen LogP contribution is 2.38. The number of anilines is 4. The molecule has 4 heterocycles. The summed E-state index contributed by atoms with van der Waals surface area (Å²) in [6.07, 6.45) is 3.73. The standard InChI is InChI=1S/C21H27F2N7O/c22-21(23)3-6-30(13-17(21)31)20-10-15(29-7-4-24-5-8-29)9-18(28-20)27-19-12-25-16(11-26-19)14-1-2-14/h9-12,14,17,24,31H,1-8,13H2,(H,26,27,28). The number of nitrogens with zero attached hydrogens (tertiary/aromatic N) is 5. The second-order valence-electron chi connectivity index (χ2n) is 8.50. The zero-order valence-corrected chi connectivity index (χ0v) is 17.3. The number of aliphatic hydroxyl groups excluding tert-OH is 1. The van der Waals surface area contributed by atoms with Gasteiger partial charge in [-0.25, -0.2) is 18.7 Å². The summed E-state index contributed by atoms with van der Waals surface area (Å²) >= 11 is 0. The van der Waals surface area contributed by atoms with Crippen LogP contribution in [0.25, 0.3) is 0 Å². The van der Waals surface area contributed by atoms with Crippen LogP contribution in [0, 0.1) is 0 Å². The van der Waals surface area contributed by atoms with Gasteiger partial charge in [-0.2, -0.15) is 0 Å². The predicted octanol–water partition coefficient (Wildman–Crippen LogP) is 2.11. The van der Waals surface area contributed by atoms with E-state index in [4.69, 9.17) is 0 Å². The van der Waals surface area contributed by atoms with Crippen molar-refractivity contribution < 1.29 is 13.9 Å². The van der Waals surface area contributed by atoms with Gasteiger partial charge in [0.15, 0.2) is 0 Å². The fraction of sp³-hybridized carbons (Fsp3) is 0.571. The van der Waals surface area contributed by atoms with Crippen molar-refractivity contribution >= 4 is 23.1 Å². The highest BCUT2D eigenvalue weighted by molar-refractivity contribution is 5.65. The first kappa shape index (κ1) is 20.3. The molecular formula is C21H27F2N7O. The Balaban J connectivity index is 1.41. The van der Waals surface area contributed by atoms with Crippen LogP contribution in [0.2, 0.25) is 0 Å². The van der Waals surface area contributed by atoms with E-state index in [2.05, 4.69) is 30.5 Å². The van der Waals surface area contributed by atoms with Crippen molar-refractivity contribution in [1.29, 1.82) is 0 Å². The molecule has 1 atom stereocenters. The van der Waals surface area contributed by atoms with Gasteiger partial charge in [-0.05, 0) is 12.8 Å². The summed E-state index contributed by atoms with van der Waals surface area (Å²) in [7, 11) is 0. The zero-order chi connectivity index (χ0) is 21.4. The minimum Gasteiger partial charge on any atom is -0.385 e. The van der Waals surface area contributed by atoms with Gasteiger partial charge in [-0.1, -0.05) is 0 Å². The fourth-order valence-electron chi connectivity index (χ4n) is 4.05. The summed E-state index contributed by atoms with van der Waals surface area (Å²) in [5, 5.41) is 16.4. The Morgan fingerprint density at radius 2 is 1.84 bits per heavy atom. The Morgan fingerprint density at radius 3 is 2.52 bits per heavy atom. The highest BCUT2D eigenvalue weighted by Gasteiger charge is 2.43. The number of piperazine rings is 1. The van der Waals surface area contributed by atoms with E-state index >= 15 is 0 Å². The van der Waals surface area contributed by atoms with Crippen LogP contribution < -0.4 is 20.4 Å². The smallest absolute Gasteiger partial charge is 0.276 e. The molecule has 0 spiro atoms. The van der Waals surface area contributed by atoms with Gasteiger partial charge in [0.05, 0.1) is 24.6 Å². The summed E-state index contributed by atoms with van der Waals surface area (Å²) in [5.41, 5.74) is 1.97. The highest BCUT2D eigenvalue weighted by atomic mass is 19.3. The van der Waals surface area contributed by atoms with Crippen molar-refractivity contribution in [2.45, 2.75) is 37.2 Å². The molecule has 2 saturated heterocycles. The van der Waals surface area contributed by atoms with Crippen molar-refractivity contribution in [2.75, 3.05) is 54.4 Å². The summed E-state index contributed by atoms with van der Waals surface area (Å²) < 4.78 is 27.6. The van der Waals surface area contributed by atoms with Crippen molar-refractivity contribution in [2.24, 2.45) is 0 Å². The average Bonchev–Trinajstić information content (AvgIpc) is 3.62. The molecule has 3 aliphatic rings. The van der Waals surface area contributed by atoms with E-state index in [1.165, 1.54) is 12.8 Å². The molecule has 1 saturated carbocycles. The lowest BCUT2D eigenvalue weighted by Crippen LogP contribution is -2.51. The molecule has 0 bridgehead atoms. The van der Waals surface area contributed by atoms with Gasteiger partial charge in [0.2, 0.25) is 0 Å². The van der Waals surface area contributed by atoms with E-state index in [1.807, 2.05) is 12.1 Å². The van der Waals surface area contributed by atoms with Gasteiger partial charge in [0, 0.05) is 62.9 Å². The number of alkyl halides is 2. The molecule has 8 nitrogen and oxygen atoms in total. The van der Waals surface area contributed by atoms with E-state index < -0.39 is 18.4 Å². The number of halogens is 2. The van der Waals surface area contributed by atoms with E-state index in [-0.39, 0.29) is 13.1 Å². The SMILES string of the molecule is OC1CN(c2cc(N3CCNCC3)cc(Nc3cnc(C4CC4)cn3)n2)CCC1(F)F. The number of hydrogen-bond acceptors (Lipinski definition) is 8. The molecular weight excluding hydrogens is 404 g/mol. The molecule has 1 aliphatic carbocycles. The number of β-amino-alcohol motifs (C(OH)–C–C–N with tert-alkyl or cyclic N) is 1. The normalized spacial score (nSPS) is 23.6. The summed E-state index contributed by atoms with van der Waals surface area (Å²) in [5.74, 6) is -0.800. The number of pyridine rings is 1. The average molecular weight is 431 g/mol. The molecule has 2 aromatic rings. The maximum absolute atomic E-state index is 13.8. The summed E-state index contributed by atoms with van der Waals surface area (Å²) in [6.45, 7) is 3.43. The van der Waals surface area contributed by atoms with E-state index in [9.17, 15) is 13.9 Å². The van der Waals surface area contributed by atoms with Crippen LogP contribution in [0.3, 0.4) is 0 Å². The second-order valence-corrected chi connectivity index (χ2v) is 8.50. The molecule has 2 aromatic heterocycles. The van der Waals surface area contributed by atoms with Gasteiger partial charge in [-0.3, -0.25) is 4.98 Å². The third-order valence-electron chi connectivity index (χ3n) is 6.12. The molecule has 2 aliphatic heterocycles. The van der Waals surface area contributed by atoms with E-state index in [1.54, 1.807) is 17.3 Å². The maximum atomic E-state index is 13.8. The van der Waals surface area contributed by atoms with Gasteiger partial charge < -0.3 is 25.5 Å². The summed E-state index contributed by atoms with van der Waals surface area (Å²) in [4.78, 5) is 17.6. The predicted molar refractivity (Wildman–Crippen MR) is 114 cm³/mol. The Bertz CT molecular complexity index is 916. The Hall–Kier alpha value is -2.59. The largest absolute Gasteiger partial charge is 0.385 e. The molecule has 0 aromatic carbocycles. The number of hydrogen-bond donors (Lipinski definition) is 3. The van der Waals surface area contributed by atoms with Crippen LogP contribution in [0.15, 0.2) is 24.5 Å². The third kappa shape index (κ3) is 4.54. The number of piperidine rings is 1. The Morgan fingerprint density at radius 1 is 1.03 bits per heavy atom. The fourth-order valence-corrected chi connectivity index (χ4v) is 4.05. The molecule has 10 heteroatoms. The van der Waals surface area contributed by atoms with Crippen molar-refractivity contribution in [3.8, 4) is 0 Å². The van der Waals surface area contributed by atoms with Crippen LogP contribution in [0.5, 0.6) is 0 Å². The minimum absolute atomic E-state index is 0.136. The maximum Gasteiger partial charge on any atom is 0.276 e. The molecule has 5 rings (SSSR count). The lowest BCUT2D eigenvalue weighted by molar-refractivity contribution is -0.118. The first-order chi connectivity index (χ1) is 15.0. The molecule has 166 valence electrons. The molecule has 3 fully saturated rings. The summed E-state index contributed by atoms with van der Waals surface area (Å²) in [6, 6.07) is 3.86. The second kappa shape index (κ2) is 8.16. The third-order valence-corrected chi connectivity index (χ3v) is 6.12. The number of aliphatic hydroxyl groups is 1. The van der Waals surface area contributed by atoms with E-state index in [0.717, 1.165) is 37.6 Å². The van der Waals surface area contributed by atoms with E-state index in [0.29, 0.717) is 23.4 Å². The number of nitrogens with one attached hydrogen (secondary N) is 2. The van der Waals surface area contributed by atoms with Gasteiger partial charge in [0.25, 0.3) is 5.92 Å². The van der Waals surface area contributed by atoms with Crippen LogP contribution in [-0.4, -0.2) is 71.4 Å². The first-order valence-electron chi connectivity index (χ1n) is 10.9. The lowest BCUT2D eigenvalue weighted by atomic mass is 10.0. The van der Waals surface area contributed by atoms with Crippen molar-refractivity contribution in [3.05, 3.63) is 30.2 Å². The Kier molecular flexibility index (Phi) is 5.35. The zero-order valence-electron chi connectivity index (χ0n) is 17.3. The quantitative estimate of drug-likeness (QED) is 0.663. The van der Waals surface area contributed by atoms with Crippen LogP contribution in [0.1, 0.15) is 30.9 Å². The first-order valence-corrected chi connectivity index (χ1v) is 10.9. The van der Waals surface area contributed by atoms with Crippen LogP contribution >= 0.6 is 0 Å². The topological polar surface area (TPSA) is 89.4 Å². The lowest BCUT2D eigenvalue weighted by Gasteiger charge is -2.37. The van der Waals surface area contributed by atoms with Crippen LogP contribution in [0.4, 0.5) is 31.9 Å². The van der Waals surface area contributed by atoms with Crippen molar-refractivity contribution in [1.82, 2.24) is 20.3 Å². The monoisotopic (exact) mass is 431 g/mol. The molecule has 0 amide bonds. The van der Waals surface area contributed by atoms with Gasteiger partial charge in [-0.15, -0.1) is 0 Å². The van der Waals surface area contributed by atoms with Gasteiger partial charge in [0.1, 0.15) is 23.6 Å². The van der Waals surface area contributed by atoms with Crippen LogP contribution in [-0.2, 0) is 0 Å². The molecule has 0 radical (unpaired) electrons. The minimum atomic E-state index is -3.06. The molecule has 1 unspecified atom stereocenters. The molecule has 3 N–H and O–H groups in total. The van der Waals surface area contributed by atoms with Crippen molar-refractivity contribution in [3.63, 3.8) is 0 Å². The molecule has 31 heavy (non-hydrogen) atoms. The number of aromatic nitrogens is 3. The number of rotatable bonds is 5. The van der Waals surface area contributed by atoms with Gasteiger partial charge >= 0.3 is 0 Å². The Labute approximate surface area is 179 Å².